The van der Waals surface area contributed by atoms with E-state index in [1.165, 1.54) is 12.4 Å². The predicted molar refractivity (Wildman–Crippen MR) is 112 cm³/mol. The van der Waals surface area contributed by atoms with Crippen LogP contribution in [0.1, 0.15) is 11.7 Å². The molecule has 1 saturated heterocycles. The maximum absolute atomic E-state index is 12.6. The van der Waals surface area contributed by atoms with Crippen LogP contribution in [0.3, 0.4) is 0 Å². The first-order valence-corrected chi connectivity index (χ1v) is 9.90. The molecule has 3 heterocycles. The first-order valence-electron chi connectivity index (χ1n) is 9.11. The summed E-state index contributed by atoms with van der Waals surface area (Å²) in [7, 11) is 3.36. The minimum Gasteiger partial charge on any atom is -0.496 e. The maximum Gasteiger partial charge on any atom is 0.255 e. The van der Waals surface area contributed by atoms with Crippen LogP contribution in [0.2, 0.25) is 0 Å². The summed E-state index contributed by atoms with van der Waals surface area (Å²) < 4.78 is 14.0. The van der Waals surface area contributed by atoms with Crippen LogP contribution in [0, 0.1) is 0 Å². The standard InChI is InChI=1S/C20H20BrN5O3/c1-25-19(27)10-16(15-5-6-22-12-23-15)24-20(25)26-7-8-29-18(11-26)14-9-13(21)3-4-17(14)28-2/h3-6,9-10,12,18H,7-8,11H2,1-2H3. The Bertz CT molecular complexity index is 1070. The fraction of sp³-hybridized carbons (Fsp3) is 0.300. The lowest BCUT2D eigenvalue weighted by Crippen LogP contribution is -2.41. The molecule has 0 aliphatic carbocycles. The van der Waals surface area contributed by atoms with Gasteiger partial charge in [-0.3, -0.25) is 9.36 Å². The van der Waals surface area contributed by atoms with E-state index in [4.69, 9.17) is 14.5 Å². The molecule has 0 amide bonds. The second-order valence-electron chi connectivity index (χ2n) is 6.62. The zero-order valence-corrected chi connectivity index (χ0v) is 17.7. The van der Waals surface area contributed by atoms with Crippen molar-refractivity contribution in [1.82, 2.24) is 19.5 Å². The molecule has 29 heavy (non-hydrogen) atoms. The number of anilines is 1. The van der Waals surface area contributed by atoms with Gasteiger partial charge in [-0.25, -0.2) is 15.0 Å². The van der Waals surface area contributed by atoms with Crippen LogP contribution in [-0.2, 0) is 11.8 Å². The Balaban J connectivity index is 1.69. The predicted octanol–water partition coefficient (Wildman–Crippen LogP) is 2.59. The number of halogens is 1. The summed E-state index contributed by atoms with van der Waals surface area (Å²) in [5, 5.41) is 0. The monoisotopic (exact) mass is 457 g/mol. The highest BCUT2D eigenvalue weighted by molar-refractivity contribution is 9.10. The van der Waals surface area contributed by atoms with Gasteiger partial charge in [0.1, 0.15) is 18.2 Å². The van der Waals surface area contributed by atoms with E-state index in [9.17, 15) is 4.79 Å². The van der Waals surface area contributed by atoms with Crippen LogP contribution in [0.5, 0.6) is 5.75 Å². The molecule has 1 atom stereocenters. The molecule has 9 heteroatoms. The van der Waals surface area contributed by atoms with Gasteiger partial charge < -0.3 is 14.4 Å². The molecule has 8 nitrogen and oxygen atoms in total. The second kappa shape index (κ2) is 8.30. The summed E-state index contributed by atoms with van der Waals surface area (Å²) in [4.78, 5) is 27.5. The van der Waals surface area contributed by atoms with Crippen molar-refractivity contribution < 1.29 is 9.47 Å². The van der Waals surface area contributed by atoms with Crippen molar-refractivity contribution >= 4 is 21.9 Å². The Morgan fingerprint density at radius 2 is 2.10 bits per heavy atom. The van der Waals surface area contributed by atoms with Crippen molar-refractivity contribution in [3.8, 4) is 17.1 Å². The van der Waals surface area contributed by atoms with E-state index in [0.29, 0.717) is 37.0 Å². The quantitative estimate of drug-likeness (QED) is 0.595. The molecular formula is C20H20BrN5O3. The van der Waals surface area contributed by atoms with Crippen LogP contribution in [-0.4, -0.2) is 46.3 Å². The van der Waals surface area contributed by atoms with Crippen molar-refractivity contribution in [3.05, 3.63) is 63.2 Å². The third kappa shape index (κ3) is 4.01. The molecular weight excluding hydrogens is 438 g/mol. The highest BCUT2D eigenvalue weighted by Crippen LogP contribution is 2.33. The highest BCUT2D eigenvalue weighted by atomic mass is 79.9. The number of nitrogens with zero attached hydrogens (tertiary/aromatic N) is 5. The Morgan fingerprint density at radius 3 is 2.86 bits per heavy atom. The fourth-order valence-corrected chi connectivity index (χ4v) is 3.74. The number of morpholine rings is 1. The van der Waals surface area contributed by atoms with Crippen molar-refractivity contribution in [1.29, 1.82) is 0 Å². The second-order valence-corrected chi connectivity index (χ2v) is 7.54. The Morgan fingerprint density at radius 1 is 1.24 bits per heavy atom. The Kier molecular flexibility index (Phi) is 5.59. The van der Waals surface area contributed by atoms with Gasteiger partial charge in [-0.05, 0) is 24.3 Å². The Hall–Kier alpha value is -2.78. The van der Waals surface area contributed by atoms with E-state index < -0.39 is 0 Å². The van der Waals surface area contributed by atoms with E-state index in [-0.39, 0.29) is 11.7 Å². The number of hydrogen-bond donors (Lipinski definition) is 0. The van der Waals surface area contributed by atoms with E-state index >= 15 is 0 Å². The van der Waals surface area contributed by atoms with Gasteiger partial charge in [-0.1, -0.05) is 15.9 Å². The molecule has 4 rings (SSSR count). The third-order valence-electron chi connectivity index (χ3n) is 4.84. The molecule has 150 valence electrons. The van der Waals surface area contributed by atoms with Gasteiger partial charge in [0.2, 0.25) is 5.95 Å². The lowest BCUT2D eigenvalue weighted by Gasteiger charge is -2.35. The molecule has 1 fully saturated rings. The van der Waals surface area contributed by atoms with Crippen molar-refractivity contribution in [3.63, 3.8) is 0 Å². The van der Waals surface area contributed by atoms with E-state index in [0.717, 1.165) is 15.8 Å². The number of ether oxygens (including phenoxy) is 2. The summed E-state index contributed by atoms with van der Waals surface area (Å²) in [6, 6.07) is 9.06. The normalized spacial score (nSPS) is 16.7. The zero-order valence-electron chi connectivity index (χ0n) is 16.1. The lowest BCUT2D eigenvalue weighted by molar-refractivity contribution is 0.0374. The van der Waals surface area contributed by atoms with Gasteiger partial charge in [0, 0.05) is 35.9 Å². The molecule has 1 aliphatic heterocycles. The average Bonchev–Trinajstić information content (AvgIpc) is 2.76. The molecule has 1 aliphatic rings. The maximum atomic E-state index is 12.6. The molecule has 0 bridgehead atoms. The minimum absolute atomic E-state index is 0.147. The molecule has 2 aromatic heterocycles. The van der Waals surface area contributed by atoms with E-state index in [2.05, 4.69) is 30.8 Å². The summed E-state index contributed by atoms with van der Waals surface area (Å²) in [5.74, 6) is 1.34. The SMILES string of the molecule is COc1ccc(Br)cc1C1CN(c2nc(-c3ccncn3)cc(=O)n2C)CCO1. The van der Waals surface area contributed by atoms with Crippen LogP contribution in [0.15, 0.2) is 52.1 Å². The minimum atomic E-state index is -0.212. The number of aromatic nitrogens is 4. The largest absolute Gasteiger partial charge is 0.496 e. The first kappa shape index (κ1) is 19.5. The number of benzene rings is 1. The summed E-state index contributed by atoms with van der Waals surface area (Å²) in [5.41, 5.74) is 1.93. The van der Waals surface area contributed by atoms with Gasteiger partial charge >= 0.3 is 0 Å². The highest BCUT2D eigenvalue weighted by Gasteiger charge is 2.27. The summed E-state index contributed by atoms with van der Waals surface area (Å²) in [6.45, 7) is 1.68. The summed E-state index contributed by atoms with van der Waals surface area (Å²) in [6.07, 6.45) is 2.86. The molecule has 1 aromatic carbocycles. The average molecular weight is 458 g/mol. The Labute approximate surface area is 176 Å². The fourth-order valence-electron chi connectivity index (χ4n) is 3.36. The van der Waals surface area contributed by atoms with Gasteiger partial charge in [-0.2, -0.15) is 0 Å². The topological polar surface area (TPSA) is 82.4 Å². The molecule has 0 saturated carbocycles. The molecule has 1 unspecified atom stereocenters. The van der Waals surface area contributed by atoms with Crippen LogP contribution in [0.4, 0.5) is 5.95 Å². The number of methoxy groups -OCH3 is 1. The number of rotatable bonds is 4. The van der Waals surface area contributed by atoms with Crippen LogP contribution < -0.4 is 15.2 Å². The van der Waals surface area contributed by atoms with Crippen molar-refractivity contribution in [2.75, 3.05) is 31.7 Å². The first-order chi connectivity index (χ1) is 14.1. The third-order valence-corrected chi connectivity index (χ3v) is 5.34. The molecule has 3 aromatic rings. The van der Waals surface area contributed by atoms with Crippen LogP contribution >= 0.6 is 15.9 Å². The van der Waals surface area contributed by atoms with Crippen molar-refractivity contribution in [2.24, 2.45) is 7.05 Å². The number of hydrogen-bond acceptors (Lipinski definition) is 7. The van der Waals surface area contributed by atoms with Gasteiger partial charge in [0.05, 0.1) is 31.6 Å². The van der Waals surface area contributed by atoms with Gasteiger partial charge in [-0.15, -0.1) is 0 Å². The molecule has 0 radical (unpaired) electrons. The van der Waals surface area contributed by atoms with Crippen molar-refractivity contribution in [2.45, 2.75) is 6.10 Å². The smallest absolute Gasteiger partial charge is 0.255 e. The van der Waals surface area contributed by atoms with Gasteiger partial charge in [0.25, 0.3) is 5.56 Å². The zero-order chi connectivity index (χ0) is 20.4. The summed E-state index contributed by atoms with van der Waals surface area (Å²) >= 11 is 3.51. The lowest BCUT2D eigenvalue weighted by atomic mass is 10.1. The van der Waals surface area contributed by atoms with Gasteiger partial charge in [0.15, 0.2) is 0 Å². The van der Waals surface area contributed by atoms with Crippen LogP contribution in [0.25, 0.3) is 11.4 Å². The van der Waals surface area contributed by atoms with E-state index in [1.54, 1.807) is 31.0 Å². The molecule has 0 N–H and O–H groups in total. The van der Waals surface area contributed by atoms with E-state index in [1.807, 2.05) is 18.2 Å². The molecule has 0 spiro atoms.